The molecule has 4 aromatic rings. The Morgan fingerprint density at radius 3 is 0.667 bits per heavy atom. The van der Waals surface area contributed by atoms with Crippen molar-refractivity contribution < 1.29 is 0 Å². The molecule has 48 heavy (non-hydrogen) atoms. The summed E-state index contributed by atoms with van der Waals surface area (Å²) in [5, 5.41) is 6.48. The molecule has 256 valence electrons. The van der Waals surface area contributed by atoms with Crippen molar-refractivity contribution in [3.63, 3.8) is 0 Å². The summed E-state index contributed by atoms with van der Waals surface area (Å²) >= 11 is 0. The lowest BCUT2D eigenvalue weighted by Crippen LogP contribution is -2.35. The second-order valence-electron chi connectivity index (χ2n) is 14.2. The molecule has 0 amide bonds. The Hall–Kier alpha value is -2.26. The van der Waals surface area contributed by atoms with E-state index in [1.54, 1.807) is 21.2 Å². The highest BCUT2D eigenvalue weighted by Crippen LogP contribution is 2.50. The van der Waals surface area contributed by atoms with E-state index in [2.05, 4.69) is 128 Å². The molecule has 0 nitrogen and oxygen atoms in total. The Labute approximate surface area is 297 Å². The zero-order valence-corrected chi connectivity index (χ0v) is 33.3. The Kier molecular flexibility index (Phi) is 13.6. The molecular weight excluding hydrogens is 614 g/mol. The third kappa shape index (κ3) is 8.90. The molecule has 1 aliphatic carbocycles. The van der Waals surface area contributed by atoms with Gasteiger partial charge in [-0.3, -0.25) is 0 Å². The fourth-order valence-electron chi connectivity index (χ4n) is 7.54. The smallest absolute Gasteiger partial charge is 0.0190 e. The van der Waals surface area contributed by atoms with Gasteiger partial charge in [-0.25, -0.2) is 0 Å². The van der Waals surface area contributed by atoms with E-state index in [1.807, 2.05) is 0 Å². The maximum atomic E-state index is 2.58. The molecule has 1 saturated carbocycles. The summed E-state index contributed by atoms with van der Waals surface area (Å²) in [4.78, 5) is 0. The molecule has 1 fully saturated rings. The highest BCUT2D eigenvalue weighted by molar-refractivity contribution is 7.73. The molecule has 0 aliphatic heterocycles. The van der Waals surface area contributed by atoms with Crippen LogP contribution in [-0.4, -0.2) is 12.3 Å². The summed E-state index contributed by atoms with van der Waals surface area (Å²) in [6.45, 7) is 18.6. The quantitative estimate of drug-likeness (QED) is 0.104. The van der Waals surface area contributed by atoms with Crippen molar-refractivity contribution in [3.8, 4) is 0 Å². The van der Waals surface area contributed by atoms with Crippen LogP contribution in [0.1, 0.15) is 113 Å². The number of hydrogen-bond acceptors (Lipinski definition) is 0. The first-order valence-electron chi connectivity index (χ1n) is 19.4. The fraction of sp³-hybridized carbons (Fsp3) is 0.478. The van der Waals surface area contributed by atoms with Gasteiger partial charge in [0.1, 0.15) is 0 Å². The first kappa shape index (κ1) is 37.0. The molecule has 0 spiro atoms. The lowest BCUT2D eigenvalue weighted by atomic mass is 9.76. The highest BCUT2D eigenvalue weighted by Gasteiger charge is 2.36. The standard InChI is InChI=1S/C46H62P2/c1-9-33-19-34(10-2)24-43(23-33)47(44-25-35(11-3)20-36(12-4)26-44)31-41-17-18-42(41)32-48(45-27-37(13-5)21-38(14-6)28-45)46-29-39(15-7)22-40(16-8)30-46/h19-30,41-42H,9-18,31-32H2,1-8H3. The molecular formula is C46H62P2. The first-order chi connectivity index (χ1) is 23.3. The van der Waals surface area contributed by atoms with Crippen molar-refractivity contribution in [2.75, 3.05) is 12.3 Å². The SMILES string of the molecule is CCc1cc(CC)cc(P(CC2CCC2CP(c2cc(CC)cc(CC)c2)c2cc(CC)cc(CC)c2)c2cc(CC)cc(CC)c2)c1. The number of hydrogen-bond donors (Lipinski definition) is 0. The van der Waals surface area contributed by atoms with Crippen LogP contribution in [0.4, 0.5) is 0 Å². The largest absolute Gasteiger partial charge is 0.0613 e. The van der Waals surface area contributed by atoms with Gasteiger partial charge < -0.3 is 0 Å². The fourth-order valence-corrected chi connectivity index (χ4v) is 13.4. The third-order valence-corrected chi connectivity index (χ3v) is 16.3. The van der Waals surface area contributed by atoms with Crippen LogP contribution in [-0.2, 0) is 51.4 Å². The predicted molar refractivity (Wildman–Crippen MR) is 219 cm³/mol. The molecule has 0 heterocycles. The summed E-state index contributed by atoms with van der Waals surface area (Å²) < 4.78 is 0. The molecule has 5 rings (SSSR count). The molecule has 0 aromatic heterocycles. The maximum absolute atomic E-state index is 2.58. The summed E-state index contributed by atoms with van der Waals surface area (Å²) in [6.07, 6.45) is 14.4. The topological polar surface area (TPSA) is 0 Å². The van der Waals surface area contributed by atoms with E-state index in [0.29, 0.717) is 0 Å². The normalized spacial score (nSPS) is 16.1. The lowest BCUT2D eigenvalue weighted by Gasteiger charge is -2.41. The molecule has 0 saturated heterocycles. The van der Waals surface area contributed by atoms with Gasteiger partial charge in [0, 0.05) is 0 Å². The van der Waals surface area contributed by atoms with Crippen molar-refractivity contribution in [2.45, 2.75) is 120 Å². The van der Waals surface area contributed by atoms with Gasteiger partial charge in [0.15, 0.2) is 0 Å². The van der Waals surface area contributed by atoms with Crippen LogP contribution in [0.2, 0.25) is 0 Å². The second kappa shape index (κ2) is 17.6. The number of aryl methyl sites for hydroxylation is 8. The van der Waals surface area contributed by atoms with Gasteiger partial charge in [-0.05, 0) is 170 Å². The van der Waals surface area contributed by atoms with E-state index in [9.17, 15) is 0 Å². The van der Waals surface area contributed by atoms with Crippen LogP contribution in [0.15, 0.2) is 72.8 Å². The molecule has 0 radical (unpaired) electrons. The Morgan fingerprint density at radius 2 is 0.521 bits per heavy atom. The lowest BCUT2D eigenvalue weighted by molar-refractivity contribution is 0.228. The van der Waals surface area contributed by atoms with Crippen LogP contribution in [0, 0.1) is 11.8 Å². The maximum Gasteiger partial charge on any atom is -0.0190 e. The minimum absolute atomic E-state index is 0.417. The highest BCUT2D eigenvalue weighted by atomic mass is 31.1. The Bertz CT molecular complexity index is 1330. The van der Waals surface area contributed by atoms with Crippen molar-refractivity contribution in [1.29, 1.82) is 0 Å². The van der Waals surface area contributed by atoms with Crippen LogP contribution in [0.25, 0.3) is 0 Å². The average Bonchev–Trinajstić information content (AvgIpc) is 3.13. The molecule has 2 atom stereocenters. The van der Waals surface area contributed by atoms with Crippen LogP contribution < -0.4 is 21.2 Å². The minimum Gasteiger partial charge on any atom is -0.0613 e. The Balaban J connectivity index is 1.54. The zero-order valence-electron chi connectivity index (χ0n) is 31.5. The van der Waals surface area contributed by atoms with Gasteiger partial charge in [0.05, 0.1) is 0 Å². The van der Waals surface area contributed by atoms with Gasteiger partial charge in [0.25, 0.3) is 0 Å². The van der Waals surface area contributed by atoms with E-state index in [0.717, 1.165) is 63.2 Å². The molecule has 0 N–H and O–H groups in total. The van der Waals surface area contributed by atoms with Crippen molar-refractivity contribution in [1.82, 2.24) is 0 Å². The third-order valence-electron chi connectivity index (χ3n) is 11.1. The van der Waals surface area contributed by atoms with E-state index in [1.165, 1.54) is 69.7 Å². The number of benzene rings is 4. The van der Waals surface area contributed by atoms with Crippen LogP contribution >= 0.6 is 15.8 Å². The van der Waals surface area contributed by atoms with Gasteiger partial charge >= 0.3 is 0 Å². The predicted octanol–water partition coefficient (Wildman–Crippen LogP) is 10.8. The molecule has 1 aliphatic rings. The summed E-state index contributed by atoms with van der Waals surface area (Å²) in [6, 6.07) is 30.5. The van der Waals surface area contributed by atoms with Crippen molar-refractivity contribution in [3.05, 3.63) is 117 Å². The molecule has 0 bridgehead atoms. The van der Waals surface area contributed by atoms with Crippen LogP contribution in [0.3, 0.4) is 0 Å². The zero-order chi connectivity index (χ0) is 34.2. The van der Waals surface area contributed by atoms with Gasteiger partial charge in [-0.15, -0.1) is 0 Å². The summed E-state index contributed by atoms with van der Waals surface area (Å²) in [5.41, 5.74) is 12.1. The second-order valence-corrected chi connectivity index (χ2v) is 18.7. The van der Waals surface area contributed by atoms with Crippen molar-refractivity contribution >= 4 is 37.1 Å². The van der Waals surface area contributed by atoms with Gasteiger partial charge in [-0.1, -0.05) is 128 Å². The van der Waals surface area contributed by atoms with Gasteiger partial charge in [-0.2, -0.15) is 0 Å². The molecule has 2 heteroatoms. The Morgan fingerprint density at radius 1 is 0.333 bits per heavy atom. The summed E-state index contributed by atoms with van der Waals surface area (Å²) in [5.74, 6) is 1.60. The molecule has 4 aromatic carbocycles. The van der Waals surface area contributed by atoms with E-state index in [-0.39, 0.29) is 0 Å². The summed E-state index contributed by atoms with van der Waals surface area (Å²) in [7, 11) is -0.833. The van der Waals surface area contributed by atoms with Gasteiger partial charge in [0.2, 0.25) is 0 Å². The number of rotatable bonds is 16. The molecule has 2 unspecified atom stereocenters. The monoisotopic (exact) mass is 676 g/mol. The van der Waals surface area contributed by atoms with E-state index in [4.69, 9.17) is 0 Å². The first-order valence-corrected chi connectivity index (χ1v) is 22.5. The van der Waals surface area contributed by atoms with E-state index < -0.39 is 15.8 Å². The minimum atomic E-state index is -0.417. The van der Waals surface area contributed by atoms with Crippen molar-refractivity contribution in [2.24, 2.45) is 11.8 Å². The average molecular weight is 677 g/mol. The van der Waals surface area contributed by atoms with Crippen LogP contribution in [0.5, 0.6) is 0 Å². The van der Waals surface area contributed by atoms with E-state index >= 15 is 0 Å².